The van der Waals surface area contributed by atoms with E-state index in [-0.39, 0.29) is 12.4 Å². The number of amides is 1. The van der Waals surface area contributed by atoms with E-state index in [9.17, 15) is 9.18 Å². The van der Waals surface area contributed by atoms with Gasteiger partial charge in [0.15, 0.2) is 16.6 Å². The van der Waals surface area contributed by atoms with Crippen molar-refractivity contribution in [1.82, 2.24) is 9.97 Å². The second kappa shape index (κ2) is 5.89. The molecule has 0 unspecified atom stereocenters. The van der Waals surface area contributed by atoms with E-state index in [2.05, 4.69) is 15.3 Å². The second-order valence-electron chi connectivity index (χ2n) is 4.93. The lowest BCUT2D eigenvalue weighted by molar-refractivity contribution is 0.102. The van der Waals surface area contributed by atoms with Gasteiger partial charge in [0.05, 0.1) is 11.3 Å². The third kappa shape index (κ3) is 2.79. The third-order valence-corrected chi connectivity index (χ3v) is 4.14. The van der Waals surface area contributed by atoms with Crippen LogP contribution in [-0.4, -0.2) is 22.7 Å². The molecule has 4 rings (SSSR count). The van der Waals surface area contributed by atoms with Crippen LogP contribution in [-0.2, 0) is 0 Å². The molecule has 0 saturated carbocycles. The molecular formula is C16H10FN3O3S. The van der Waals surface area contributed by atoms with Gasteiger partial charge in [-0.3, -0.25) is 10.1 Å². The number of ether oxygens (including phenoxy) is 2. The molecule has 120 valence electrons. The number of pyridine rings is 1. The normalized spacial score (nSPS) is 12.2. The maximum Gasteiger partial charge on any atom is 0.259 e. The summed E-state index contributed by atoms with van der Waals surface area (Å²) in [5, 5.41) is 4.94. The molecule has 8 heteroatoms. The van der Waals surface area contributed by atoms with Crippen molar-refractivity contribution in [2.24, 2.45) is 0 Å². The van der Waals surface area contributed by atoms with Gasteiger partial charge in [-0.25, -0.2) is 9.97 Å². The summed E-state index contributed by atoms with van der Waals surface area (Å²) in [6.07, 6.45) is 1.18. The highest BCUT2D eigenvalue weighted by Gasteiger charge is 2.16. The molecule has 0 saturated heterocycles. The van der Waals surface area contributed by atoms with Gasteiger partial charge in [0.25, 0.3) is 5.91 Å². The number of anilines is 1. The van der Waals surface area contributed by atoms with Crippen molar-refractivity contribution in [3.63, 3.8) is 0 Å². The molecule has 3 aromatic rings. The number of hydrogen-bond acceptors (Lipinski definition) is 6. The van der Waals surface area contributed by atoms with Crippen LogP contribution in [0.1, 0.15) is 10.4 Å². The highest BCUT2D eigenvalue weighted by Crippen LogP contribution is 2.36. The van der Waals surface area contributed by atoms with Crippen LogP contribution in [0.3, 0.4) is 0 Å². The Labute approximate surface area is 139 Å². The Balaban J connectivity index is 1.52. The standard InChI is InChI=1S/C16H10FN3O3S/c17-14-4-2-10(6-18-14)15(21)20-16-19-11(7-24-16)9-1-3-12-13(5-9)23-8-22-12/h1-7H,8H2,(H,19,20,21). The Bertz CT molecular complexity index is 911. The summed E-state index contributed by atoms with van der Waals surface area (Å²) in [5.41, 5.74) is 1.83. The molecule has 6 nitrogen and oxygen atoms in total. The zero-order valence-corrected chi connectivity index (χ0v) is 13.0. The fourth-order valence-electron chi connectivity index (χ4n) is 2.20. The highest BCUT2D eigenvalue weighted by molar-refractivity contribution is 7.14. The molecule has 1 amide bonds. The molecule has 0 spiro atoms. The molecular weight excluding hydrogens is 333 g/mol. The summed E-state index contributed by atoms with van der Waals surface area (Å²) in [7, 11) is 0. The summed E-state index contributed by atoms with van der Waals surface area (Å²) >= 11 is 1.29. The van der Waals surface area contributed by atoms with Crippen molar-refractivity contribution in [2.45, 2.75) is 0 Å². The molecule has 3 heterocycles. The minimum atomic E-state index is -0.633. The predicted molar refractivity (Wildman–Crippen MR) is 85.8 cm³/mol. The first-order chi connectivity index (χ1) is 11.7. The van der Waals surface area contributed by atoms with Gasteiger partial charge in [-0.2, -0.15) is 4.39 Å². The van der Waals surface area contributed by atoms with E-state index in [1.54, 1.807) is 0 Å². The van der Waals surface area contributed by atoms with E-state index < -0.39 is 11.9 Å². The molecule has 0 radical (unpaired) electrons. The molecule has 1 N–H and O–H groups in total. The lowest BCUT2D eigenvalue weighted by atomic mass is 10.1. The number of fused-ring (bicyclic) bond motifs is 1. The average molecular weight is 343 g/mol. The Hall–Kier alpha value is -3.00. The molecule has 0 fully saturated rings. The number of rotatable bonds is 3. The number of thiazole rings is 1. The fourth-order valence-corrected chi connectivity index (χ4v) is 2.91. The van der Waals surface area contributed by atoms with E-state index >= 15 is 0 Å². The molecule has 1 aliphatic heterocycles. The van der Waals surface area contributed by atoms with Gasteiger partial charge in [0.1, 0.15) is 0 Å². The minimum Gasteiger partial charge on any atom is -0.454 e. The number of nitrogens with one attached hydrogen (secondary N) is 1. The first-order valence-electron chi connectivity index (χ1n) is 6.97. The Morgan fingerprint density at radius 1 is 1.21 bits per heavy atom. The number of aromatic nitrogens is 2. The zero-order chi connectivity index (χ0) is 16.5. The monoisotopic (exact) mass is 343 g/mol. The van der Waals surface area contributed by atoms with Crippen LogP contribution in [0, 0.1) is 5.95 Å². The molecule has 0 aliphatic carbocycles. The van der Waals surface area contributed by atoms with Gasteiger partial charge >= 0.3 is 0 Å². The summed E-state index contributed by atoms with van der Waals surface area (Å²) in [4.78, 5) is 19.9. The Kier molecular flexibility index (Phi) is 3.58. The van der Waals surface area contributed by atoms with Crippen LogP contribution in [0.25, 0.3) is 11.3 Å². The van der Waals surface area contributed by atoms with E-state index in [0.717, 1.165) is 11.6 Å². The van der Waals surface area contributed by atoms with E-state index in [1.807, 2.05) is 23.6 Å². The van der Waals surface area contributed by atoms with Crippen molar-refractivity contribution in [3.8, 4) is 22.8 Å². The van der Waals surface area contributed by atoms with Gasteiger partial charge in [-0.15, -0.1) is 11.3 Å². The lowest BCUT2D eigenvalue weighted by Gasteiger charge is -2.01. The van der Waals surface area contributed by atoms with Gasteiger partial charge in [0.2, 0.25) is 12.7 Å². The van der Waals surface area contributed by atoms with Crippen molar-refractivity contribution in [1.29, 1.82) is 0 Å². The Morgan fingerprint density at radius 3 is 2.92 bits per heavy atom. The Morgan fingerprint density at radius 2 is 2.08 bits per heavy atom. The van der Waals surface area contributed by atoms with Gasteiger partial charge in [-0.1, -0.05) is 0 Å². The minimum absolute atomic E-state index is 0.211. The third-order valence-electron chi connectivity index (χ3n) is 3.38. The molecule has 0 atom stereocenters. The quantitative estimate of drug-likeness (QED) is 0.739. The van der Waals surface area contributed by atoms with Crippen LogP contribution in [0.15, 0.2) is 41.9 Å². The van der Waals surface area contributed by atoms with E-state index in [4.69, 9.17) is 9.47 Å². The van der Waals surface area contributed by atoms with Gasteiger partial charge in [0, 0.05) is 17.1 Å². The maximum absolute atomic E-state index is 12.8. The highest BCUT2D eigenvalue weighted by atomic mass is 32.1. The van der Waals surface area contributed by atoms with Gasteiger partial charge in [-0.05, 0) is 30.3 Å². The summed E-state index contributed by atoms with van der Waals surface area (Å²) < 4.78 is 23.4. The van der Waals surface area contributed by atoms with Crippen molar-refractivity contribution < 1.29 is 18.7 Å². The first kappa shape index (κ1) is 14.6. The van der Waals surface area contributed by atoms with Crippen LogP contribution in [0.4, 0.5) is 9.52 Å². The van der Waals surface area contributed by atoms with Crippen molar-refractivity contribution in [2.75, 3.05) is 12.1 Å². The largest absolute Gasteiger partial charge is 0.454 e. The predicted octanol–water partition coefficient (Wildman–Crippen LogP) is 3.33. The van der Waals surface area contributed by atoms with E-state index in [0.29, 0.717) is 22.3 Å². The van der Waals surface area contributed by atoms with Gasteiger partial charge < -0.3 is 9.47 Å². The molecule has 1 aliphatic rings. The zero-order valence-electron chi connectivity index (χ0n) is 12.2. The average Bonchev–Trinajstić information content (AvgIpc) is 3.23. The molecule has 1 aromatic carbocycles. The number of benzene rings is 1. The second-order valence-corrected chi connectivity index (χ2v) is 5.79. The number of carbonyl (C=O) groups is 1. The van der Waals surface area contributed by atoms with Crippen LogP contribution < -0.4 is 14.8 Å². The smallest absolute Gasteiger partial charge is 0.259 e. The number of carbonyl (C=O) groups excluding carboxylic acids is 1. The topological polar surface area (TPSA) is 73.3 Å². The first-order valence-corrected chi connectivity index (χ1v) is 7.85. The summed E-state index contributed by atoms with van der Waals surface area (Å²) in [6.45, 7) is 0.211. The lowest BCUT2D eigenvalue weighted by Crippen LogP contribution is -2.12. The van der Waals surface area contributed by atoms with Crippen LogP contribution in [0.2, 0.25) is 0 Å². The number of hydrogen-bond donors (Lipinski definition) is 1. The molecule has 24 heavy (non-hydrogen) atoms. The van der Waals surface area contributed by atoms with Crippen LogP contribution in [0.5, 0.6) is 11.5 Å². The molecule has 0 bridgehead atoms. The number of nitrogens with zero attached hydrogens (tertiary/aromatic N) is 2. The van der Waals surface area contributed by atoms with Crippen molar-refractivity contribution >= 4 is 22.4 Å². The summed E-state index contributed by atoms with van der Waals surface area (Å²) in [6, 6.07) is 8.03. The maximum atomic E-state index is 12.8. The number of halogens is 1. The SMILES string of the molecule is O=C(Nc1nc(-c2ccc3c(c2)OCO3)cs1)c1ccc(F)nc1. The van der Waals surface area contributed by atoms with Crippen molar-refractivity contribution in [3.05, 3.63) is 53.4 Å². The van der Waals surface area contributed by atoms with Crippen LogP contribution >= 0.6 is 11.3 Å². The van der Waals surface area contributed by atoms with E-state index in [1.165, 1.54) is 23.6 Å². The summed E-state index contributed by atoms with van der Waals surface area (Å²) in [5.74, 6) is 0.342. The fraction of sp³-hybridized carbons (Fsp3) is 0.0625. The molecule has 2 aromatic heterocycles.